The topological polar surface area (TPSA) is 12.0 Å². The molecule has 2 aromatic rings. The van der Waals surface area contributed by atoms with E-state index in [0.29, 0.717) is 5.92 Å². The minimum atomic E-state index is 0.645. The molecule has 1 unspecified atom stereocenters. The minimum Gasteiger partial charge on any atom is -0.313 e. The lowest BCUT2D eigenvalue weighted by molar-refractivity contribution is 0.727. The van der Waals surface area contributed by atoms with Crippen molar-refractivity contribution in [2.75, 3.05) is 6.54 Å². The van der Waals surface area contributed by atoms with E-state index in [1.165, 1.54) is 28.7 Å². The van der Waals surface area contributed by atoms with E-state index in [2.05, 4.69) is 74.6 Å². The lowest BCUT2D eigenvalue weighted by Gasteiger charge is -2.10. The second-order valence-corrected chi connectivity index (χ2v) is 5.41. The van der Waals surface area contributed by atoms with Crippen LogP contribution in [0.2, 0.25) is 0 Å². The normalized spacial score (nSPS) is 12.3. The van der Waals surface area contributed by atoms with Crippen molar-refractivity contribution in [1.82, 2.24) is 5.32 Å². The van der Waals surface area contributed by atoms with Crippen LogP contribution in [-0.2, 0) is 6.54 Å². The molecule has 0 fully saturated rings. The Hall–Kier alpha value is -1.60. The van der Waals surface area contributed by atoms with Gasteiger partial charge in [0, 0.05) is 6.54 Å². The molecule has 0 aliphatic carbocycles. The lowest BCUT2D eigenvalue weighted by atomic mass is 9.95. The van der Waals surface area contributed by atoms with Crippen molar-refractivity contribution >= 4 is 0 Å². The van der Waals surface area contributed by atoms with Crippen molar-refractivity contribution in [1.29, 1.82) is 0 Å². The molecule has 0 radical (unpaired) electrons. The number of hydrogen-bond donors (Lipinski definition) is 1. The molecule has 1 N–H and O–H groups in total. The van der Waals surface area contributed by atoms with Crippen molar-refractivity contribution in [2.24, 2.45) is 0 Å². The van der Waals surface area contributed by atoms with E-state index in [-0.39, 0.29) is 0 Å². The van der Waals surface area contributed by atoms with E-state index in [1.54, 1.807) is 0 Å². The maximum Gasteiger partial charge on any atom is 0.0205 e. The van der Waals surface area contributed by atoms with Gasteiger partial charge in [-0.15, -0.1) is 0 Å². The molecule has 0 saturated heterocycles. The summed E-state index contributed by atoms with van der Waals surface area (Å²) in [5.74, 6) is 0.645. The molecule has 0 heterocycles. The van der Waals surface area contributed by atoms with Gasteiger partial charge in [0.2, 0.25) is 0 Å². The van der Waals surface area contributed by atoms with E-state index in [4.69, 9.17) is 0 Å². The van der Waals surface area contributed by atoms with Crippen LogP contribution in [0, 0.1) is 0 Å². The summed E-state index contributed by atoms with van der Waals surface area (Å²) >= 11 is 0. The molecule has 0 amide bonds. The second-order valence-electron chi connectivity index (χ2n) is 5.41. The molecule has 0 spiro atoms. The van der Waals surface area contributed by atoms with Crippen LogP contribution in [0.4, 0.5) is 0 Å². The van der Waals surface area contributed by atoms with Crippen molar-refractivity contribution in [3.63, 3.8) is 0 Å². The number of nitrogens with one attached hydrogen (secondary N) is 1. The van der Waals surface area contributed by atoms with Gasteiger partial charge in [0.25, 0.3) is 0 Å². The monoisotopic (exact) mass is 267 g/mol. The Labute approximate surface area is 123 Å². The molecule has 0 bridgehead atoms. The molecule has 0 aromatic heterocycles. The van der Waals surface area contributed by atoms with E-state index >= 15 is 0 Å². The van der Waals surface area contributed by atoms with Crippen molar-refractivity contribution in [3.05, 3.63) is 59.7 Å². The molecule has 20 heavy (non-hydrogen) atoms. The van der Waals surface area contributed by atoms with Crippen LogP contribution in [0.3, 0.4) is 0 Å². The first kappa shape index (κ1) is 14.8. The summed E-state index contributed by atoms with van der Waals surface area (Å²) in [6.45, 7) is 8.61. The van der Waals surface area contributed by atoms with Gasteiger partial charge in [-0.3, -0.25) is 0 Å². The zero-order chi connectivity index (χ0) is 14.4. The zero-order valence-electron chi connectivity index (χ0n) is 12.8. The van der Waals surface area contributed by atoms with Gasteiger partial charge in [0.1, 0.15) is 0 Å². The highest BCUT2D eigenvalue weighted by molar-refractivity contribution is 5.64. The van der Waals surface area contributed by atoms with Crippen molar-refractivity contribution in [3.8, 4) is 11.1 Å². The SMILES string of the molecule is CCNCc1ccc(-c2ccc(C(C)CC)cc2)cc1. The van der Waals surface area contributed by atoms with Gasteiger partial charge in [-0.2, -0.15) is 0 Å². The molecule has 106 valence electrons. The van der Waals surface area contributed by atoms with Crippen LogP contribution in [0.5, 0.6) is 0 Å². The first-order valence-electron chi connectivity index (χ1n) is 7.64. The third-order valence-electron chi connectivity index (χ3n) is 3.96. The van der Waals surface area contributed by atoms with Crippen LogP contribution < -0.4 is 5.32 Å². The van der Waals surface area contributed by atoms with E-state index < -0.39 is 0 Å². The Morgan fingerprint density at radius 3 is 1.90 bits per heavy atom. The molecule has 1 atom stereocenters. The van der Waals surface area contributed by atoms with Crippen LogP contribution in [0.1, 0.15) is 44.2 Å². The first-order chi connectivity index (χ1) is 9.74. The summed E-state index contributed by atoms with van der Waals surface area (Å²) in [6, 6.07) is 17.8. The van der Waals surface area contributed by atoms with Crippen molar-refractivity contribution in [2.45, 2.75) is 39.7 Å². The van der Waals surface area contributed by atoms with Gasteiger partial charge in [0.05, 0.1) is 0 Å². The average molecular weight is 267 g/mol. The molecule has 0 aliphatic heterocycles. The van der Waals surface area contributed by atoms with Crippen LogP contribution in [-0.4, -0.2) is 6.54 Å². The molecular weight excluding hydrogens is 242 g/mol. The predicted molar refractivity (Wildman–Crippen MR) is 88.0 cm³/mol. The fourth-order valence-corrected chi connectivity index (χ4v) is 2.32. The predicted octanol–water partition coefficient (Wildman–Crippen LogP) is 4.98. The van der Waals surface area contributed by atoms with Gasteiger partial charge in [-0.1, -0.05) is 69.3 Å². The Balaban J connectivity index is 2.11. The maximum atomic E-state index is 3.35. The zero-order valence-corrected chi connectivity index (χ0v) is 12.8. The quantitative estimate of drug-likeness (QED) is 0.778. The van der Waals surface area contributed by atoms with E-state index in [1.807, 2.05) is 0 Å². The molecule has 1 nitrogen and oxygen atoms in total. The van der Waals surface area contributed by atoms with Gasteiger partial charge in [-0.05, 0) is 41.1 Å². The fourth-order valence-electron chi connectivity index (χ4n) is 2.32. The number of rotatable bonds is 6. The number of hydrogen-bond acceptors (Lipinski definition) is 1. The molecular formula is C19H25N. The second kappa shape index (κ2) is 7.25. The summed E-state index contributed by atoms with van der Waals surface area (Å²) in [5, 5.41) is 3.35. The maximum absolute atomic E-state index is 3.35. The van der Waals surface area contributed by atoms with E-state index in [0.717, 1.165) is 13.1 Å². The van der Waals surface area contributed by atoms with Gasteiger partial charge < -0.3 is 5.32 Å². The van der Waals surface area contributed by atoms with E-state index in [9.17, 15) is 0 Å². The van der Waals surface area contributed by atoms with Crippen LogP contribution >= 0.6 is 0 Å². The summed E-state index contributed by atoms with van der Waals surface area (Å²) in [4.78, 5) is 0. The molecule has 0 saturated carbocycles. The molecule has 0 aliphatic rings. The first-order valence-corrected chi connectivity index (χ1v) is 7.64. The Kier molecular flexibility index (Phi) is 5.37. The summed E-state index contributed by atoms with van der Waals surface area (Å²) < 4.78 is 0. The Morgan fingerprint density at radius 1 is 0.850 bits per heavy atom. The van der Waals surface area contributed by atoms with Gasteiger partial charge >= 0.3 is 0 Å². The standard InChI is InChI=1S/C19H25N/c1-4-15(3)17-10-12-19(13-11-17)18-8-6-16(7-9-18)14-20-5-2/h6-13,15,20H,4-5,14H2,1-3H3. The molecule has 2 rings (SSSR count). The third kappa shape index (κ3) is 3.71. The third-order valence-corrected chi connectivity index (χ3v) is 3.96. The van der Waals surface area contributed by atoms with Crippen LogP contribution in [0.25, 0.3) is 11.1 Å². The Bertz CT molecular complexity index is 510. The number of benzene rings is 2. The van der Waals surface area contributed by atoms with Crippen molar-refractivity contribution < 1.29 is 0 Å². The summed E-state index contributed by atoms with van der Waals surface area (Å²) in [6.07, 6.45) is 1.19. The Morgan fingerprint density at radius 2 is 1.40 bits per heavy atom. The van der Waals surface area contributed by atoms with Crippen LogP contribution in [0.15, 0.2) is 48.5 Å². The largest absolute Gasteiger partial charge is 0.313 e. The molecule has 2 aromatic carbocycles. The lowest BCUT2D eigenvalue weighted by Crippen LogP contribution is -2.11. The highest BCUT2D eigenvalue weighted by atomic mass is 14.8. The smallest absolute Gasteiger partial charge is 0.0205 e. The summed E-state index contributed by atoms with van der Waals surface area (Å²) in [5.41, 5.74) is 5.36. The summed E-state index contributed by atoms with van der Waals surface area (Å²) in [7, 11) is 0. The minimum absolute atomic E-state index is 0.645. The molecule has 1 heteroatoms. The van der Waals surface area contributed by atoms with Gasteiger partial charge in [0.15, 0.2) is 0 Å². The highest BCUT2D eigenvalue weighted by Gasteiger charge is 2.03. The highest BCUT2D eigenvalue weighted by Crippen LogP contribution is 2.24. The van der Waals surface area contributed by atoms with Gasteiger partial charge in [-0.25, -0.2) is 0 Å². The fraction of sp³-hybridized carbons (Fsp3) is 0.368. The average Bonchev–Trinajstić information content (AvgIpc) is 2.53.